The highest BCUT2D eigenvalue weighted by Gasteiger charge is 2.29. The van der Waals surface area contributed by atoms with E-state index in [4.69, 9.17) is 0 Å². The number of rotatable bonds is 8. The first-order valence-corrected chi connectivity index (χ1v) is 12.1. The van der Waals surface area contributed by atoms with Gasteiger partial charge in [0.2, 0.25) is 11.8 Å². The molecule has 0 saturated carbocycles. The lowest BCUT2D eigenvalue weighted by Gasteiger charge is -2.38. The molecule has 1 N–H and O–H groups in total. The number of ketones is 1. The number of nitrogens with zero attached hydrogens (tertiary/aromatic N) is 3. The summed E-state index contributed by atoms with van der Waals surface area (Å²) in [7, 11) is 0. The summed E-state index contributed by atoms with van der Waals surface area (Å²) in [5.41, 5.74) is 0.827. The number of piperidine rings is 1. The topological polar surface area (TPSA) is 73.0 Å². The van der Waals surface area contributed by atoms with Crippen LogP contribution in [0.2, 0.25) is 0 Å². The molecule has 1 aromatic carbocycles. The second kappa shape index (κ2) is 11.6. The zero-order valence-electron chi connectivity index (χ0n) is 20.1. The third-order valence-corrected chi connectivity index (χ3v) is 6.67. The monoisotopic (exact) mass is 460 g/mol. The van der Waals surface area contributed by atoms with Crippen LogP contribution in [0.15, 0.2) is 18.2 Å². The van der Waals surface area contributed by atoms with E-state index in [1.165, 1.54) is 13.0 Å². The molecular weight excluding hydrogens is 423 g/mol. The van der Waals surface area contributed by atoms with Gasteiger partial charge in [-0.1, -0.05) is 13.3 Å². The largest absolute Gasteiger partial charge is 0.366 e. The normalized spacial score (nSPS) is 20.4. The van der Waals surface area contributed by atoms with Crippen molar-refractivity contribution in [3.05, 3.63) is 29.6 Å². The summed E-state index contributed by atoms with van der Waals surface area (Å²) in [6, 6.07) is 4.74. The van der Waals surface area contributed by atoms with Gasteiger partial charge in [0.05, 0.1) is 18.2 Å². The van der Waals surface area contributed by atoms with E-state index in [2.05, 4.69) is 17.1 Å². The molecule has 0 radical (unpaired) electrons. The second-order valence-corrected chi connectivity index (χ2v) is 9.36. The van der Waals surface area contributed by atoms with Gasteiger partial charge < -0.3 is 15.1 Å². The Balaban J connectivity index is 1.48. The van der Waals surface area contributed by atoms with Crippen LogP contribution in [-0.2, 0) is 9.59 Å². The van der Waals surface area contributed by atoms with Gasteiger partial charge >= 0.3 is 0 Å². The Kier molecular flexibility index (Phi) is 8.83. The average Bonchev–Trinajstić information content (AvgIpc) is 2.79. The summed E-state index contributed by atoms with van der Waals surface area (Å²) in [5, 5.41) is 3.11. The van der Waals surface area contributed by atoms with Crippen molar-refractivity contribution in [3.8, 4) is 0 Å². The Bertz CT molecular complexity index is 854. The van der Waals surface area contributed by atoms with Crippen LogP contribution in [0.3, 0.4) is 0 Å². The summed E-state index contributed by atoms with van der Waals surface area (Å²) >= 11 is 0. The third-order valence-electron chi connectivity index (χ3n) is 6.67. The van der Waals surface area contributed by atoms with Crippen LogP contribution in [0.25, 0.3) is 0 Å². The number of nitrogens with one attached hydrogen (secondary N) is 1. The van der Waals surface area contributed by atoms with Gasteiger partial charge in [0, 0.05) is 44.3 Å². The number of hydrogen-bond acceptors (Lipinski definition) is 5. The van der Waals surface area contributed by atoms with Gasteiger partial charge in [0.15, 0.2) is 5.78 Å². The van der Waals surface area contributed by atoms with Crippen molar-refractivity contribution in [1.82, 2.24) is 15.1 Å². The maximum absolute atomic E-state index is 14.5. The van der Waals surface area contributed by atoms with E-state index >= 15 is 0 Å². The van der Waals surface area contributed by atoms with E-state index in [1.54, 1.807) is 12.1 Å². The number of carbonyl (C=O) groups excluding carboxylic acids is 3. The molecule has 2 aliphatic rings. The van der Waals surface area contributed by atoms with Gasteiger partial charge in [-0.25, -0.2) is 4.39 Å². The van der Waals surface area contributed by atoms with Gasteiger partial charge in [0.25, 0.3) is 0 Å². The molecule has 1 aromatic rings. The van der Waals surface area contributed by atoms with E-state index in [0.717, 1.165) is 32.2 Å². The highest BCUT2D eigenvalue weighted by Crippen LogP contribution is 2.23. The zero-order valence-corrected chi connectivity index (χ0v) is 20.1. The molecule has 2 saturated heterocycles. The molecule has 3 rings (SSSR count). The molecule has 2 heterocycles. The number of likely N-dealkylation sites (tertiary alicyclic amines) is 1. The van der Waals surface area contributed by atoms with Crippen molar-refractivity contribution in [2.45, 2.75) is 52.5 Å². The van der Waals surface area contributed by atoms with E-state index in [0.29, 0.717) is 50.5 Å². The average molecular weight is 461 g/mol. The Morgan fingerprint density at radius 3 is 2.52 bits per heavy atom. The standard InChI is InChI=1S/C25H37FN4O3/c1-4-6-18(2)27-25(33)21-7-5-10-28(16-21)17-24(32)30-13-11-29(12-14-30)23-9-8-20(19(3)31)15-22(23)26/h8-9,15,18,21H,4-7,10-14,16-17H2,1-3H3,(H,27,33). The second-order valence-electron chi connectivity index (χ2n) is 9.36. The molecule has 2 amide bonds. The van der Waals surface area contributed by atoms with Crippen LogP contribution in [0.4, 0.5) is 10.1 Å². The predicted octanol–water partition coefficient (Wildman–Crippen LogP) is 2.69. The molecule has 0 aromatic heterocycles. The summed E-state index contributed by atoms with van der Waals surface area (Å²) in [4.78, 5) is 42.8. The predicted molar refractivity (Wildman–Crippen MR) is 127 cm³/mol. The van der Waals surface area contributed by atoms with Gasteiger partial charge in [-0.05, 0) is 57.9 Å². The molecule has 2 unspecified atom stereocenters. The first-order valence-electron chi connectivity index (χ1n) is 12.1. The summed E-state index contributed by atoms with van der Waals surface area (Å²) in [6.45, 7) is 9.46. The third kappa shape index (κ3) is 6.76. The summed E-state index contributed by atoms with van der Waals surface area (Å²) in [5.74, 6) is -0.484. The molecule has 2 aliphatic heterocycles. The first-order chi connectivity index (χ1) is 15.8. The van der Waals surface area contributed by atoms with E-state index in [1.807, 2.05) is 16.7 Å². The van der Waals surface area contributed by atoms with Crippen molar-refractivity contribution in [2.24, 2.45) is 5.92 Å². The van der Waals surface area contributed by atoms with Crippen molar-refractivity contribution in [3.63, 3.8) is 0 Å². The van der Waals surface area contributed by atoms with Crippen molar-refractivity contribution >= 4 is 23.3 Å². The molecule has 0 spiro atoms. The lowest BCUT2D eigenvalue weighted by Crippen LogP contribution is -2.53. The number of Topliss-reactive ketones (excluding diaryl/α,β-unsaturated/α-hetero) is 1. The van der Waals surface area contributed by atoms with Gasteiger partial charge in [-0.2, -0.15) is 0 Å². The van der Waals surface area contributed by atoms with Crippen LogP contribution < -0.4 is 10.2 Å². The number of piperazine rings is 1. The van der Waals surface area contributed by atoms with Crippen molar-refractivity contribution < 1.29 is 18.8 Å². The Labute approximate surface area is 196 Å². The number of halogens is 1. The Morgan fingerprint density at radius 1 is 1.15 bits per heavy atom. The van der Waals surface area contributed by atoms with E-state index in [9.17, 15) is 18.8 Å². The van der Waals surface area contributed by atoms with Gasteiger partial charge in [-0.3, -0.25) is 19.3 Å². The maximum Gasteiger partial charge on any atom is 0.236 e. The van der Waals surface area contributed by atoms with Crippen molar-refractivity contribution in [2.75, 3.05) is 50.7 Å². The Morgan fingerprint density at radius 2 is 1.88 bits per heavy atom. The molecule has 8 heteroatoms. The highest BCUT2D eigenvalue weighted by atomic mass is 19.1. The first kappa shape index (κ1) is 25.1. The molecule has 7 nitrogen and oxygen atoms in total. The fourth-order valence-corrected chi connectivity index (χ4v) is 4.75. The smallest absolute Gasteiger partial charge is 0.236 e. The van der Waals surface area contributed by atoms with Gasteiger partial charge in [0.1, 0.15) is 5.82 Å². The lowest BCUT2D eigenvalue weighted by molar-refractivity contribution is -0.135. The quantitative estimate of drug-likeness (QED) is 0.604. The minimum absolute atomic E-state index is 0.0578. The van der Waals surface area contributed by atoms with Crippen molar-refractivity contribution in [1.29, 1.82) is 0 Å². The molecule has 2 atom stereocenters. The molecule has 33 heavy (non-hydrogen) atoms. The highest BCUT2D eigenvalue weighted by molar-refractivity contribution is 5.94. The number of benzene rings is 1. The van der Waals surface area contributed by atoms with Crippen LogP contribution in [0.1, 0.15) is 56.8 Å². The zero-order chi connectivity index (χ0) is 24.0. The number of hydrogen-bond donors (Lipinski definition) is 1. The maximum atomic E-state index is 14.5. The number of carbonyl (C=O) groups is 3. The Hall–Kier alpha value is -2.48. The number of amides is 2. The molecule has 0 aliphatic carbocycles. The molecular formula is C25H37FN4O3. The van der Waals surface area contributed by atoms with Crippen LogP contribution >= 0.6 is 0 Å². The summed E-state index contributed by atoms with van der Waals surface area (Å²) < 4.78 is 14.5. The minimum atomic E-state index is -0.409. The lowest BCUT2D eigenvalue weighted by atomic mass is 9.96. The SMILES string of the molecule is CCCC(C)NC(=O)C1CCCN(CC(=O)N2CCN(c3ccc(C(C)=O)cc3F)CC2)C1. The van der Waals surface area contributed by atoms with Crippen LogP contribution in [-0.4, -0.2) is 79.3 Å². The number of anilines is 1. The fourth-order valence-electron chi connectivity index (χ4n) is 4.75. The molecule has 0 bridgehead atoms. The van der Waals surface area contributed by atoms with Gasteiger partial charge in [-0.15, -0.1) is 0 Å². The van der Waals surface area contributed by atoms with Crippen LogP contribution in [0, 0.1) is 11.7 Å². The minimum Gasteiger partial charge on any atom is -0.366 e. The fraction of sp³-hybridized carbons (Fsp3) is 0.640. The summed E-state index contributed by atoms with van der Waals surface area (Å²) in [6.07, 6.45) is 3.78. The van der Waals surface area contributed by atoms with E-state index < -0.39 is 5.82 Å². The molecule has 2 fully saturated rings. The van der Waals surface area contributed by atoms with E-state index in [-0.39, 0.29) is 29.6 Å². The van der Waals surface area contributed by atoms with Crippen LogP contribution in [0.5, 0.6) is 0 Å². The molecule has 182 valence electrons.